The molecular formula is C19H15ClN2O3. The Labute approximate surface area is 150 Å². The van der Waals surface area contributed by atoms with Crippen LogP contribution in [0.25, 0.3) is 6.08 Å². The van der Waals surface area contributed by atoms with Crippen LogP contribution in [-0.4, -0.2) is 19.1 Å². The van der Waals surface area contributed by atoms with Crippen molar-refractivity contribution in [3.05, 3.63) is 64.2 Å². The molecule has 0 saturated carbocycles. The smallest absolute Gasteiger partial charge is 0.244 e. The van der Waals surface area contributed by atoms with Gasteiger partial charge in [-0.1, -0.05) is 23.7 Å². The molecule has 0 atom stereocenters. The van der Waals surface area contributed by atoms with Crippen LogP contribution in [-0.2, 0) is 11.3 Å². The summed E-state index contributed by atoms with van der Waals surface area (Å²) < 4.78 is 11.0. The summed E-state index contributed by atoms with van der Waals surface area (Å²) in [7, 11) is 0. The third kappa shape index (κ3) is 4.31. The molecule has 2 aromatic carbocycles. The fraction of sp³-hybridized carbons (Fsp3) is 0.158. The van der Waals surface area contributed by atoms with E-state index in [1.165, 1.54) is 6.08 Å². The topological polar surface area (TPSA) is 71.4 Å². The summed E-state index contributed by atoms with van der Waals surface area (Å²) in [6.45, 7) is 1.29. The number of nitriles is 1. The van der Waals surface area contributed by atoms with Gasteiger partial charge in [0.25, 0.3) is 0 Å². The Balaban J connectivity index is 1.63. The van der Waals surface area contributed by atoms with Crippen LogP contribution >= 0.6 is 11.6 Å². The molecule has 1 amide bonds. The number of hydrogen-bond donors (Lipinski definition) is 1. The van der Waals surface area contributed by atoms with Crippen molar-refractivity contribution in [1.82, 2.24) is 5.32 Å². The molecule has 2 aromatic rings. The molecule has 0 spiro atoms. The first kappa shape index (κ1) is 16.9. The standard InChI is InChI=1S/C19H15ClN2O3/c20-16-9-13(10-17-19(16)25-7-6-24-17)4-5-18(23)22-12-15-3-1-2-14(8-15)11-21/h1-5,8-10H,6-7,12H2,(H,22,23)/b5-4+. The molecule has 1 aliphatic rings. The second-order valence-electron chi connectivity index (χ2n) is 5.39. The molecule has 5 nitrogen and oxygen atoms in total. The van der Waals surface area contributed by atoms with Crippen LogP contribution in [0.2, 0.25) is 5.02 Å². The molecule has 1 aliphatic heterocycles. The monoisotopic (exact) mass is 354 g/mol. The van der Waals surface area contributed by atoms with E-state index in [2.05, 4.69) is 11.4 Å². The highest BCUT2D eigenvalue weighted by molar-refractivity contribution is 6.32. The predicted molar refractivity (Wildman–Crippen MR) is 94.5 cm³/mol. The van der Waals surface area contributed by atoms with Crippen molar-refractivity contribution in [3.8, 4) is 17.6 Å². The van der Waals surface area contributed by atoms with Gasteiger partial charge in [0.2, 0.25) is 5.91 Å². The van der Waals surface area contributed by atoms with Crippen LogP contribution in [0.1, 0.15) is 16.7 Å². The number of rotatable bonds is 4. The summed E-state index contributed by atoms with van der Waals surface area (Å²) in [5.74, 6) is 0.868. The Morgan fingerprint density at radius 2 is 2.12 bits per heavy atom. The lowest BCUT2D eigenvalue weighted by atomic mass is 10.1. The Hall–Kier alpha value is -2.97. The molecule has 126 valence electrons. The van der Waals surface area contributed by atoms with E-state index in [1.54, 1.807) is 36.4 Å². The van der Waals surface area contributed by atoms with Crippen molar-refractivity contribution < 1.29 is 14.3 Å². The molecule has 1 N–H and O–H groups in total. The number of carbonyl (C=O) groups is 1. The Morgan fingerprint density at radius 1 is 1.28 bits per heavy atom. The van der Waals surface area contributed by atoms with Crippen LogP contribution < -0.4 is 14.8 Å². The SMILES string of the molecule is N#Cc1cccc(CNC(=O)/C=C/c2cc(Cl)c3c(c2)OCCO3)c1. The summed E-state index contributed by atoms with van der Waals surface area (Å²) in [4.78, 5) is 12.0. The predicted octanol–water partition coefficient (Wildman–Crippen LogP) is 3.31. The molecule has 25 heavy (non-hydrogen) atoms. The number of nitrogens with one attached hydrogen (secondary N) is 1. The van der Waals surface area contributed by atoms with Gasteiger partial charge < -0.3 is 14.8 Å². The minimum atomic E-state index is -0.242. The maximum absolute atomic E-state index is 12.0. The number of fused-ring (bicyclic) bond motifs is 1. The number of benzene rings is 2. The second kappa shape index (κ2) is 7.73. The highest BCUT2D eigenvalue weighted by Crippen LogP contribution is 2.38. The van der Waals surface area contributed by atoms with Gasteiger partial charge in [0.1, 0.15) is 13.2 Å². The zero-order chi connectivity index (χ0) is 17.6. The van der Waals surface area contributed by atoms with Gasteiger partial charge in [0.15, 0.2) is 11.5 Å². The Kier molecular flexibility index (Phi) is 5.22. The first-order valence-corrected chi connectivity index (χ1v) is 8.07. The van der Waals surface area contributed by atoms with E-state index in [4.69, 9.17) is 26.3 Å². The average molecular weight is 355 g/mol. The average Bonchev–Trinajstić information content (AvgIpc) is 2.65. The van der Waals surface area contributed by atoms with Crippen LogP contribution in [0.3, 0.4) is 0 Å². The van der Waals surface area contributed by atoms with E-state index in [-0.39, 0.29) is 5.91 Å². The fourth-order valence-electron chi connectivity index (χ4n) is 2.40. The molecular weight excluding hydrogens is 340 g/mol. The van der Waals surface area contributed by atoms with Gasteiger partial charge in [-0.25, -0.2) is 0 Å². The van der Waals surface area contributed by atoms with Gasteiger partial charge >= 0.3 is 0 Å². The first-order valence-electron chi connectivity index (χ1n) is 7.70. The van der Waals surface area contributed by atoms with E-state index in [0.717, 1.165) is 11.1 Å². The van der Waals surface area contributed by atoms with Gasteiger partial charge in [-0.2, -0.15) is 5.26 Å². The van der Waals surface area contributed by atoms with E-state index >= 15 is 0 Å². The highest BCUT2D eigenvalue weighted by atomic mass is 35.5. The minimum absolute atomic E-state index is 0.242. The number of ether oxygens (including phenoxy) is 2. The van der Waals surface area contributed by atoms with Gasteiger partial charge in [0, 0.05) is 12.6 Å². The van der Waals surface area contributed by atoms with E-state index in [1.807, 2.05) is 6.07 Å². The summed E-state index contributed by atoms with van der Waals surface area (Å²) >= 11 is 6.17. The van der Waals surface area contributed by atoms with Crippen molar-refractivity contribution in [2.45, 2.75) is 6.54 Å². The lowest BCUT2D eigenvalue weighted by Crippen LogP contribution is -2.20. The molecule has 0 bridgehead atoms. The quantitative estimate of drug-likeness (QED) is 0.855. The number of nitrogens with zero attached hydrogens (tertiary/aromatic N) is 1. The minimum Gasteiger partial charge on any atom is -0.486 e. The molecule has 1 heterocycles. The third-order valence-corrected chi connectivity index (χ3v) is 3.85. The lowest BCUT2D eigenvalue weighted by molar-refractivity contribution is -0.116. The van der Waals surface area contributed by atoms with Crippen molar-refractivity contribution in [3.63, 3.8) is 0 Å². The molecule has 0 aromatic heterocycles. The summed E-state index contributed by atoms with van der Waals surface area (Å²) in [6, 6.07) is 12.7. The van der Waals surface area contributed by atoms with E-state index in [0.29, 0.717) is 41.8 Å². The largest absolute Gasteiger partial charge is 0.486 e. The number of amides is 1. The van der Waals surface area contributed by atoms with E-state index < -0.39 is 0 Å². The van der Waals surface area contributed by atoms with Gasteiger partial charge in [-0.05, 0) is 41.5 Å². The van der Waals surface area contributed by atoms with Crippen LogP contribution in [0.15, 0.2) is 42.5 Å². The van der Waals surface area contributed by atoms with E-state index in [9.17, 15) is 4.79 Å². The molecule has 0 fully saturated rings. The number of halogens is 1. The van der Waals surface area contributed by atoms with Crippen molar-refractivity contribution in [1.29, 1.82) is 5.26 Å². The van der Waals surface area contributed by atoms with Crippen LogP contribution in [0.5, 0.6) is 11.5 Å². The van der Waals surface area contributed by atoms with Gasteiger partial charge in [0.05, 0.1) is 16.7 Å². The summed E-state index contributed by atoms with van der Waals surface area (Å²) in [6.07, 6.45) is 3.08. The molecule has 0 aliphatic carbocycles. The zero-order valence-electron chi connectivity index (χ0n) is 13.3. The lowest BCUT2D eigenvalue weighted by Gasteiger charge is -2.19. The Morgan fingerprint density at radius 3 is 2.96 bits per heavy atom. The third-order valence-electron chi connectivity index (χ3n) is 3.57. The maximum Gasteiger partial charge on any atom is 0.244 e. The molecule has 3 rings (SSSR count). The second-order valence-corrected chi connectivity index (χ2v) is 5.80. The van der Waals surface area contributed by atoms with Crippen molar-refractivity contribution in [2.75, 3.05) is 13.2 Å². The normalized spacial score (nSPS) is 12.6. The van der Waals surface area contributed by atoms with Crippen LogP contribution in [0, 0.1) is 11.3 Å². The molecule has 0 unspecified atom stereocenters. The number of hydrogen-bond acceptors (Lipinski definition) is 4. The van der Waals surface area contributed by atoms with Gasteiger partial charge in [-0.15, -0.1) is 0 Å². The summed E-state index contributed by atoms with van der Waals surface area (Å²) in [5.41, 5.74) is 2.17. The number of carbonyl (C=O) groups excluding carboxylic acids is 1. The maximum atomic E-state index is 12.0. The zero-order valence-corrected chi connectivity index (χ0v) is 14.0. The summed E-state index contributed by atoms with van der Waals surface area (Å²) in [5, 5.41) is 12.1. The first-order chi connectivity index (χ1) is 12.2. The van der Waals surface area contributed by atoms with Crippen molar-refractivity contribution >= 4 is 23.6 Å². The molecule has 0 radical (unpaired) electrons. The molecule has 0 saturated heterocycles. The van der Waals surface area contributed by atoms with Gasteiger partial charge in [-0.3, -0.25) is 4.79 Å². The molecule has 6 heteroatoms. The highest BCUT2D eigenvalue weighted by Gasteiger charge is 2.15. The fourth-order valence-corrected chi connectivity index (χ4v) is 2.67. The van der Waals surface area contributed by atoms with Crippen LogP contribution in [0.4, 0.5) is 0 Å². The Bertz CT molecular complexity index is 871. The van der Waals surface area contributed by atoms with Crippen molar-refractivity contribution in [2.24, 2.45) is 0 Å².